The molecular weight excluding hydrogens is 308 g/mol. The lowest BCUT2D eigenvalue weighted by Crippen LogP contribution is -2.41. The van der Waals surface area contributed by atoms with Gasteiger partial charge in [-0.05, 0) is 42.8 Å². The summed E-state index contributed by atoms with van der Waals surface area (Å²) >= 11 is 5.10. The number of rotatable bonds is 10. The molecule has 0 radical (unpaired) electrons. The van der Waals surface area contributed by atoms with Crippen LogP contribution in [0.5, 0.6) is 5.75 Å². The number of nitrogens with one attached hydrogen (secondary N) is 2. The van der Waals surface area contributed by atoms with Crippen LogP contribution in [-0.4, -0.2) is 24.2 Å². The Bertz CT molecular complexity index is 474. The number of benzene rings is 1. The minimum absolute atomic E-state index is 0.0379. The maximum atomic E-state index is 11.8. The van der Waals surface area contributed by atoms with Crippen LogP contribution in [0.15, 0.2) is 24.3 Å². The lowest BCUT2D eigenvalue weighted by molar-refractivity contribution is -0.121. The van der Waals surface area contributed by atoms with Crippen molar-refractivity contribution in [2.24, 2.45) is 0 Å². The van der Waals surface area contributed by atoms with E-state index >= 15 is 0 Å². The number of carbonyl (C=O) groups excluding carboxylic acids is 1. The minimum atomic E-state index is -0.243. The lowest BCUT2D eigenvalue weighted by atomic mass is 10.1. The van der Waals surface area contributed by atoms with Crippen molar-refractivity contribution in [3.05, 3.63) is 29.8 Å². The SMILES string of the molecule is CCCCCCCNC(=S)NC(=O)COc1ccc(CC)cc1. The van der Waals surface area contributed by atoms with Crippen molar-refractivity contribution < 1.29 is 9.53 Å². The van der Waals surface area contributed by atoms with Gasteiger partial charge < -0.3 is 15.4 Å². The van der Waals surface area contributed by atoms with Crippen molar-refractivity contribution in [1.29, 1.82) is 0 Å². The number of hydrogen-bond donors (Lipinski definition) is 2. The molecule has 0 spiro atoms. The van der Waals surface area contributed by atoms with Crippen LogP contribution < -0.4 is 15.4 Å². The van der Waals surface area contributed by atoms with Crippen LogP contribution in [0.25, 0.3) is 0 Å². The zero-order valence-corrected chi connectivity index (χ0v) is 15.0. The van der Waals surface area contributed by atoms with E-state index in [-0.39, 0.29) is 12.5 Å². The number of unbranched alkanes of at least 4 members (excludes halogenated alkanes) is 4. The van der Waals surface area contributed by atoms with Gasteiger partial charge in [-0.25, -0.2) is 0 Å². The molecular formula is C18H28N2O2S. The molecule has 1 aromatic rings. The van der Waals surface area contributed by atoms with Gasteiger partial charge in [-0.3, -0.25) is 4.79 Å². The van der Waals surface area contributed by atoms with Gasteiger partial charge in [0.05, 0.1) is 0 Å². The summed E-state index contributed by atoms with van der Waals surface area (Å²) in [5, 5.41) is 6.05. The topological polar surface area (TPSA) is 50.4 Å². The molecule has 0 bridgehead atoms. The maximum absolute atomic E-state index is 11.8. The Kier molecular flexibility index (Phi) is 10.0. The summed E-state index contributed by atoms with van der Waals surface area (Å²) < 4.78 is 5.44. The molecule has 0 heterocycles. The first-order valence-corrected chi connectivity index (χ1v) is 8.86. The fraction of sp³-hybridized carbons (Fsp3) is 0.556. The second-order valence-electron chi connectivity index (χ2n) is 5.50. The first-order valence-electron chi connectivity index (χ1n) is 8.45. The van der Waals surface area contributed by atoms with E-state index in [1.54, 1.807) is 0 Å². The van der Waals surface area contributed by atoms with Crippen molar-refractivity contribution in [2.75, 3.05) is 13.2 Å². The van der Waals surface area contributed by atoms with Gasteiger partial charge in [0.2, 0.25) is 0 Å². The van der Waals surface area contributed by atoms with Gasteiger partial charge in [0.15, 0.2) is 11.7 Å². The van der Waals surface area contributed by atoms with E-state index < -0.39 is 0 Å². The summed E-state index contributed by atoms with van der Waals surface area (Å²) in [4.78, 5) is 11.8. The number of carbonyl (C=O) groups is 1. The van der Waals surface area contributed by atoms with Crippen molar-refractivity contribution in [1.82, 2.24) is 10.6 Å². The monoisotopic (exact) mass is 336 g/mol. The zero-order chi connectivity index (χ0) is 16.9. The highest BCUT2D eigenvalue weighted by Crippen LogP contribution is 2.12. The fourth-order valence-corrected chi connectivity index (χ4v) is 2.32. The van der Waals surface area contributed by atoms with Gasteiger partial charge in [-0.15, -0.1) is 0 Å². The molecule has 4 nitrogen and oxygen atoms in total. The molecule has 0 aliphatic carbocycles. The molecule has 0 aromatic heterocycles. The van der Waals surface area contributed by atoms with Crippen LogP contribution in [0.4, 0.5) is 0 Å². The van der Waals surface area contributed by atoms with Crippen molar-refractivity contribution in [3.8, 4) is 5.75 Å². The molecule has 1 amide bonds. The predicted molar refractivity (Wildman–Crippen MR) is 98.8 cm³/mol. The Balaban J connectivity index is 2.13. The van der Waals surface area contributed by atoms with E-state index in [4.69, 9.17) is 17.0 Å². The minimum Gasteiger partial charge on any atom is -0.484 e. The van der Waals surface area contributed by atoms with E-state index in [1.165, 1.54) is 31.2 Å². The highest BCUT2D eigenvalue weighted by Gasteiger charge is 2.05. The second-order valence-corrected chi connectivity index (χ2v) is 5.91. The third kappa shape index (κ3) is 9.18. The maximum Gasteiger partial charge on any atom is 0.264 e. The summed E-state index contributed by atoms with van der Waals surface area (Å²) in [5.41, 5.74) is 1.24. The average molecular weight is 337 g/mol. The van der Waals surface area contributed by atoms with Gasteiger partial charge in [0, 0.05) is 6.54 Å². The average Bonchev–Trinajstić information content (AvgIpc) is 2.56. The third-order valence-electron chi connectivity index (χ3n) is 3.52. The molecule has 1 aromatic carbocycles. The van der Waals surface area contributed by atoms with Crippen LogP contribution in [0.3, 0.4) is 0 Å². The first-order chi connectivity index (χ1) is 11.2. The Morgan fingerprint density at radius 2 is 1.78 bits per heavy atom. The summed E-state index contributed by atoms with van der Waals surface area (Å²) in [5.74, 6) is 0.445. The van der Waals surface area contributed by atoms with Gasteiger partial charge in [0.1, 0.15) is 5.75 Å². The Hall–Kier alpha value is -1.62. The van der Waals surface area contributed by atoms with Crippen molar-refractivity contribution in [3.63, 3.8) is 0 Å². The largest absolute Gasteiger partial charge is 0.484 e. The third-order valence-corrected chi connectivity index (χ3v) is 3.77. The zero-order valence-electron chi connectivity index (χ0n) is 14.2. The van der Waals surface area contributed by atoms with E-state index in [0.29, 0.717) is 10.9 Å². The molecule has 5 heteroatoms. The van der Waals surface area contributed by atoms with E-state index in [2.05, 4.69) is 24.5 Å². The van der Waals surface area contributed by atoms with E-state index in [9.17, 15) is 4.79 Å². The second kappa shape index (κ2) is 11.9. The van der Waals surface area contributed by atoms with Crippen LogP contribution in [-0.2, 0) is 11.2 Å². The molecule has 1 rings (SSSR count). The van der Waals surface area contributed by atoms with Crippen molar-refractivity contribution >= 4 is 23.2 Å². The Morgan fingerprint density at radius 1 is 1.09 bits per heavy atom. The Labute approximate surface area is 145 Å². The summed E-state index contributed by atoms with van der Waals surface area (Å²) in [7, 11) is 0. The number of aryl methyl sites for hydroxylation is 1. The smallest absolute Gasteiger partial charge is 0.264 e. The predicted octanol–water partition coefficient (Wildman–Crippen LogP) is 3.59. The number of amides is 1. The molecule has 2 N–H and O–H groups in total. The number of ether oxygens (including phenoxy) is 1. The molecule has 0 unspecified atom stereocenters. The van der Waals surface area contributed by atoms with Crippen LogP contribution >= 0.6 is 12.2 Å². The molecule has 0 saturated heterocycles. The highest BCUT2D eigenvalue weighted by atomic mass is 32.1. The molecule has 0 aliphatic rings. The van der Waals surface area contributed by atoms with Crippen LogP contribution in [0.1, 0.15) is 51.5 Å². The Morgan fingerprint density at radius 3 is 2.43 bits per heavy atom. The van der Waals surface area contributed by atoms with Gasteiger partial charge in [-0.2, -0.15) is 0 Å². The van der Waals surface area contributed by atoms with Gasteiger partial charge in [0.25, 0.3) is 5.91 Å². The van der Waals surface area contributed by atoms with Gasteiger partial charge >= 0.3 is 0 Å². The summed E-state index contributed by atoms with van der Waals surface area (Å²) in [6, 6.07) is 7.74. The summed E-state index contributed by atoms with van der Waals surface area (Å²) in [6.07, 6.45) is 7.01. The van der Waals surface area contributed by atoms with Gasteiger partial charge in [-0.1, -0.05) is 51.7 Å². The summed E-state index contributed by atoms with van der Waals surface area (Å²) in [6.45, 7) is 5.05. The quantitative estimate of drug-likeness (QED) is 0.506. The van der Waals surface area contributed by atoms with E-state index in [0.717, 1.165) is 19.4 Å². The molecule has 0 atom stereocenters. The van der Waals surface area contributed by atoms with Crippen molar-refractivity contribution in [2.45, 2.75) is 52.4 Å². The van der Waals surface area contributed by atoms with Crippen LogP contribution in [0, 0.1) is 0 Å². The fourth-order valence-electron chi connectivity index (χ4n) is 2.11. The first kappa shape index (κ1) is 19.4. The standard InChI is InChI=1S/C18H28N2O2S/c1-3-5-6-7-8-13-19-18(23)20-17(21)14-22-16-11-9-15(4-2)10-12-16/h9-12H,3-8,13-14H2,1-2H3,(H2,19,20,21,23). The molecule has 128 valence electrons. The van der Waals surface area contributed by atoms with E-state index in [1.807, 2.05) is 24.3 Å². The number of thiocarbonyl (C=S) groups is 1. The normalized spacial score (nSPS) is 10.2. The highest BCUT2D eigenvalue weighted by molar-refractivity contribution is 7.80. The molecule has 0 fully saturated rings. The number of hydrogen-bond acceptors (Lipinski definition) is 3. The molecule has 0 aliphatic heterocycles. The lowest BCUT2D eigenvalue weighted by Gasteiger charge is -2.10. The molecule has 23 heavy (non-hydrogen) atoms. The van der Waals surface area contributed by atoms with Crippen LogP contribution in [0.2, 0.25) is 0 Å². The molecule has 0 saturated carbocycles.